The minimum absolute atomic E-state index is 0.116. The molecule has 0 aromatic carbocycles. The van der Waals surface area contributed by atoms with Gasteiger partial charge < -0.3 is 5.32 Å². The summed E-state index contributed by atoms with van der Waals surface area (Å²) in [5, 5.41) is 3.33. The normalized spacial score (nSPS) is 15.1. The predicted molar refractivity (Wildman–Crippen MR) is 147 cm³/mol. The second kappa shape index (κ2) is 13.0. The Kier molecular flexibility index (Phi) is 10.1. The van der Waals surface area contributed by atoms with Gasteiger partial charge in [-0.1, -0.05) is 88.8 Å². The zero-order valence-electron chi connectivity index (χ0n) is 20.6. The number of aromatic nitrogens is 2. The first-order valence-electron chi connectivity index (χ1n) is 12.5. The highest BCUT2D eigenvalue weighted by Crippen LogP contribution is 2.33. The third-order valence-corrected chi connectivity index (χ3v) is 7.34. The third-order valence-electron chi connectivity index (χ3n) is 5.96. The number of anilines is 1. The monoisotopic (exact) mass is 500 g/mol. The van der Waals surface area contributed by atoms with Crippen molar-refractivity contribution >= 4 is 51.7 Å². The van der Waals surface area contributed by atoms with E-state index in [1.54, 1.807) is 21.6 Å². The molecule has 1 aliphatic heterocycles. The minimum Gasteiger partial charge on any atom is -0.369 e. The van der Waals surface area contributed by atoms with Gasteiger partial charge in [0.2, 0.25) is 0 Å². The number of nitrogens with zero attached hydrogens (tertiary/aromatic N) is 3. The van der Waals surface area contributed by atoms with Gasteiger partial charge in [0, 0.05) is 19.3 Å². The second-order valence-electron chi connectivity index (χ2n) is 8.85. The first-order chi connectivity index (χ1) is 16.5. The van der Waals surface area contributed by atoms with Crippen LogP contribution in [0.3, 0.4) is 0 Å². The molecule has 1 N–H and O–H groups in total. The number of unbranched alkanes of at least 4 members (excludes halogenated alkanes) is 7. The molecule has 0 saturated carbocycles. The molecule has 1 saturated heterocycles. The second-order valence-corrected chi connectivity index (χ2v) is 10.5. The first-order valence-corrected chi connectivity index (χ1v) is 13.7. The van der Waals surface area contributed by atoms with E-state index in [9.17, 15) is 9.59 Å². The molecule has 0 bridgehead atoms. The fourth-order valence-electron chi connectivity index (χ4n) is 3.98. The maximum atomic E-state index is 13.4. The summed E-state index contributed by atoms with van der Waals surface area (Å²) in [5.41, 5.74) is 1.77. The highest BCUT2D eigenvalue weighted by molar-refractivity contribution is 8.26. The molecule has 8 heteroatoms. The molecule has 0 radical (unpaired) electrons. The van der Waals surface area contributed by atoms with Crippen molar-refractivity contribution in [3.05, 3.63) is 44.7 Å². The van der Waals surface area contributed by atoms with Gasteiger partial charge in [0.25, 0.3) is 11.5 Å². The summed E-state index contributed by atoms with van der Waals surface area (Å²) in [7, 11) is 0. The number of hydrogen-bond donors (Lipinski definition) is 1. The molecule has 2 aromatic rings. The number of pyridine rings is 1. The maximum Gasteiger partial charge on any atom is 0.267 e. The highest BCUT2D eigenvalue weighted by atomic mass is 32.2. The van der Waals surface area contributed by atoms with Crippen molar-refractivity contribution in [3.8, 4) is 0 Å². The van der Waals surface area contributed by atoms with Crippen LogP contribution in [0.1, 0.15) is 82.8 Å². The largest absolute Gasteiger partial charge is 0.369 e. The van der Waals surface area contributed by atoms with Crippen LogP contribution in [0.25, 0.3) is 11.7 Å². The zero-order chi connectivity index (χ0) is 24.5. The summed E-state index contributed by atoms with van der Waals surface area (Å²) in [5.74, 6) is 0.403. The smallest absolute Gasteiger partial charge is 0.267 e. The van der Waals surface area contributed by atoms with E-state index in [0.717, 1.165) is 44.2 Å². The number of hydrogen-bond acceptors (Lipinski definition) is 6. The molecule has 34 heavy (non-hydrogen) atoms. The van der Waals surface area contributed by atoms with Gasteiger partial charge in [-0.25, -0.2) is 4.98 Å². The molecule has 2 aromatic heterocycles. The van der Waals surface area contributed by atoms with Crippen LogP contribution in [-0.2, 0) is 4.79 Å². The Morgan fingerprint density at radius 2 is 1.74 bits per heavy atom. The van der Waals surface area contributed by atoms with Crippen molar-refractivity contribution in [1.29, 1.82) is 0 Å². The number of carbonyl (C=O) groups excluding carboxylic acids is 1. The minimum atomic E-state index is -0.187. The molecule has 0 aliphatic carbocycles. The summed E-state index contributed by atoms with van der Waals surface area (Å²) >= 11 is 6.77. The predicted octanol–water partition coefficient (Wildman–Crippen LogP) is 6.17. The summed E-state index contributed by atoms with van der Waals surface area (Å²) in [6.45, 7) is 7.65. The van der Waals surface area contributed by atoms with Gasteiger partial charge in [-0.05, 0) is 37.5 Å². The van der Waals surface area contributed by atoms with Crippen LogP contribution >= 0.6 is 24.0 Å². The van der Waals surface area contributed by atoms with Crippen molar-refractivity contribution in [2.45, 2.75) is 78.6 Å². The standard InChI is InChI=1S/C26H36N4O2S2/c1-4-6-8-9-10-12-16-29-25(32)21(34-26(29)33)17-20-23(27-15-11-7-5-2)28-22-14-13-19(3)18-30(22)24(20)31/h13-14,17-18,27H,4-12,15-16H2,1-3H3/b21-17+. The molecule has 0 spiro atoms. The lowest BCUT2D eigenvalue weighted by Gasteiger charge is -2.14. The Hall–Kier alpha value is -2.19. The lowest BCUT2D eigenvalue weighted by Crippen LogP contribution is -2.29. The average molecular weight is 501 g/mol. The van der Waals surface area contributed by atoms with Gasteiger partial charge >= 0.3 is 0 Å². The Morgan fingerprint density at radius 1 is 1.03 bits per heavy atom. The molecule has 3 heterocycles. The maximum absolute atomic E-state index is 13.4. The number of thioether (sulfide) groups is 1. The van der Waals surface area contributed by atoms with Crippen LogP contribution in [0.15, 0.2) is 28.0 Å². The molecule has 1 aliphatic rings. The summed E-state index contributed by atoms with van der Waals surface area (Å²) in [6, 6.07) is 3.79. The van der Waals surface area contributed by atoms with Gasteiger partial charge in [-0.3, -0.25) is 18.9 Å². The van der Waals surface area contributed by atoms with E-state index in [4.69, 9.17) is 17.2 Å². The van der Waals surface area contributed by atoms with Crippen LogP contribution in [0, 0.1) is 6.92 Å². The summed E-state index contributed by atoms with van der Waals surface area (Å²) in [6.07, 6.45) is 13.6. The number of rotatable bonds is 13. The molecule has 1 fully saturated rings. The van der Waals surface area contributed by atoms with Crippen LogP contribution in [0.5, 0.6) is 0 Å². The first kappa shape index (κ1) is 26.4. The molecule has 0 unspecified atom stereocenters. The van der Waals surface area contributed by atoms with Gasteiger partial charge in [0.05, 0.1) is 10.5 Å². The van der Waals surface area contributed by atoms with E-state index in [2.05, 4.69) is 19.2 Å². The van der Waals surface area contributed by atoms with Crippen LogP contribution in [-0.4, -0.2) is 37.6 Å². The van der Waals surface area contributed by atoms with Crippen molar-refractivity contribution < 1.29 is 4.79 Å². The fraction of sp³-hybridized carbons (Fsp3) is 0.538. The van der Waals surface area contributed by atoms with E-state index in [0.29, 0.717) is 32.8 Å². The number of fused-ring (bicyclic) bond motifs is 1. The quantitative estimate of drug-likeness (QED) is 0.202. The third kappa shape index (κ3) is 6.69. The van der Waals surface area contributed by atoms with Crippen molar-refractivity contribution in [3.63, 3.8) is 0 Å². The van der Waals surface area contributed by atoms with Gasteiger partial charge in [0.1, 0.15) is 15.8 Å². The van der Waals surface area contributed by atoms with Crippen molar-refractivity contribution in [2.75, 3.05) is 18.4 Å². The molecular formula is C26H36N4O2S2. The van der Waals surface area contributed by atoms with E-state index in [-0.39, 0.29) is 11.5 Å². The van der Waals surface area contributed by atoms with E-state index >= 15 is 0 Å². The van der Waals surface area contributed by atoms with Crippen LogP contribution in [0.4, 0.5) is 5.82 Å². The van der Waals surface area contributed by atoms with Gasteiger partial charge in [0.15, 0.2) is 0 Å². The lowest BCUT2D eigenvalue weighted by molar-refractivity contribution is -0.122. The van der Waals surface area contributed by atoms with E-state index in [1.165, 1.54) is 37.4 Å². The average Bonchev–Trinajstić information content (AvgIpc) is 3.09. The molecule has 0 atom stereocenters. The summed E-state index contributed by atoms with van der Waals surface area (Å²) < 4.78 is 2.11. The Morgan fingerprint density at radius 3 is 2.50 bits per heavy atom. The van der Waals surface area contributed by atoms with E-state index < -0.39 is 0 Å². The number of amides is 1. The highest BCUT2D eigenvalue weighted by Gasteiger charge is 2.32. The Balaban J connectivity index is 1.84. The number of nitrogens with one attached hydrogen (secondary N) is 1. The Labute approximate surface area is 212 Å². The topological polar surface area (TPSA) is 66.7 Å². The zero-order valence-corrected chi connectivity index (χ0v) is 22.2. The SMILES string of the molecule is CCCCCCCCN1C(=O)/C(=C\c2c(NCCCCC)nc3ccc(C)cn3c2=O)SC1=S. The number of thiocarbonyl (C=S) groups is 1. The number of aryl methyl sites for hydroxylation is 1. The van der Waals surface area contributed by atoms with Crippen molar-refractivity contribution in [2.24, 2.45) is 0 Å². The van der Waals surface area contributed by atoms with Crippen LogP contribution in [0.2, 0.25) is 0 Å². The van der Waals surface area contributed by atoms with Gasteiger partial charge in [-0.2, -0.15) is 0 Å². The van der Waals surface area contributed by atoms with E-state index in [1.807, 2.05) is 19.1 Å². The molecular weight excluding hydrogens is 464 g/mol. The fourth-order valence-corrected chi connectivity index (χ4v) is 5.27. The molecule has 3 rings (SSSR count). The summed E-state index contributed by atoms with van der Waals surface area (Å²) in [4.78, 5) is 33.4. The van der Waals surface area contributed by atoms with Crippen LogP contribution < -0.4 is 10.9 Å². The number of carbonyl (C=O) groups is 1. The Bertz CT molecular complexity index is 1110. The van der Waals surface area contributed by atoms with Gasteiger partial charge in [-0.15, -0.1) is 0 Å². The lowest BCUT2D eigenvalue weighted by atomic mass is 10.1. The van der Waals surface area contributed by atoms with Crippen molar-refractivity contribution in [1.82, 2.24) is 14.3 Å². The molecule has 184 valence electrons. The molecule has 6 nitrogen and oxygen atoms in total. The molecule has 1 amide bonds.